The Labute approximate surface area is 97.4 Å². The Morgan fingerprint density at radius 1 is 1.13 bits per heavy atom. The molecule has 0 aliphatic rings. The summed E-state index contributed by atoms with van der Waals surface area (Å²) in [5, 5.41) is 20.4. The normalized spacial score (nSPS) is 8.13. The summed E-state index contributed by atoms with van der Waals surface area (Å²) in [4.78, 5) is 28.2. The number of nitrogens with zero attached hydrogens (tertiary/aromatic N) is 1. The van der Waals surface area contributed by atoms with E-state index in [1.165, 1.54) is 6.07 Å². The molecule has 0 aromatic carbocycles. The van der Waals surface area contributed by atoms with Crippen molar-refractivity contribution in [2.45, 2.75) is 9.88 Å². The average molecular weight is 314 g/mol. The van der Waals surface area contributed by atoms with Crippen LogP contribution in [0, 0.1) is 0 Å². The van der Waals surface area contributed by atoms with Crippen LogP contribution in [0.1, 0.15) is 21.0 Å². The number of carbonyl (C=O) groups is 2. The number of carboxylic acid groups (broad SMARTS) is 2. The van der Waals surface area contributed by atoms with Gasteiger partial charge in [0.1, 0.15) is 0 Å². The molecule has 78 valence electrons. The molecule has 0 saturated carbocycles. The van der Waals surface area contributed by atoms with E-state index in [2.05, 4.69) is 14.9 Å². The van der Waals surface area contributed by atoms with Crippen LogP contribution in [0.4, 0.5) is 0 Å². The van der Waals surface area contributed by atoms with E-state index < -0.39 is 23.3 Å². The van der Waals surface area contributed by atoms with Crippen LogP contribution >= 0.6 is 0 Å². The van der Waals surface area contributed by atoms with E-state index in [0.717, 1.165) is 12.1 Å². The number of aromatic nitrogens is 1. The van der Waals surface area contributed by atoms with Gasteiger partial charge in [-0.3, -0.25) is 0 Å². The van der Waals surface area contributed by atoms with Crippen LogP contribution in [0.5, 0.6) is 0 Å². The summed E-state index contributed by atoms with van der Waals surface area (Å²) >= 11 is 0.230. The van der Waals surface area contributed by atoms with Gasteiger partial charge >= 0.3 is 31.0 Å². The van der Waals surface area contributed by atoms with Gasteiger partial charge in [-0.15, -0.1) is 0 Å². The van der Waals surface area contributed by atoms with E-state index in [9.17, 15) is 19.8 Å². The molecule has 6 heteroatoms. The van der Waals surface area contributed by atoms with Gasteiger partial charge in [0, 0.05) is 0 Å². The minimum atomic E-state index is -1.52. The van der Waals surface area contributed by atoms with Crippen molar-refractivity contribution in [1.82, 2.24) is 4.98 Å². The summed E-state index contributed by atoms with van der Waals surface area (Å²) in [5.74, 6) is -3.03. The monoisotopic (exact) mass is 315 g/mol. The molecule has 0 atom stereocenters. The second-order valence-corrected chi connectivity index (χ2v) is 5.34. The first kappa shape index (κ1) is 13.9. The number of pyridine rings is 1. The SMILES string of the molecule is O=C([O-])c1cccc(C(=O)[O-])n1.[CH3][Sn+2][CH3]. The molecule has 0 aliphatic carbocycles. The molecule has 0 fully saturated rings. The Bertz CT molecular complexity index is 324. The zero-order valence-corrected chi connectivity index (χ0v) is 11.2. The van der Waals surface area contributed by atoms with Crippen molar-refractivity contribution in [2.24, 2.45) is 0 Å². The molecular weight excluding hydrogens is 305 g/mol. The minimum absolute atomic E-state index is 0.230. The standard InChI is InChI=1S/C7H5NO4.2CH3.Sn/c9-6(10)4-2-1-3-5(8-4)7(11)12;;;/h1-3H,(H,9,10)(H,11,12);2*1H3;/q;;;+2/p-2. The van der Waals surface area contributed by atoms with Gasteiger partial charge in [0.25, 0.3) is 0 Å². The number of hydrogen-bond donors (Lipinski definition) is 0. The van der Waals surface area contributed by atoms with Gasteiger partial charge in [-0.1, -0.05) is 6.07 Å². The molecule has 1 aromatic heterocycles. The maximum atomic E-state index is 10.2. The van der Waals surface area contributed by atoms with E-state index >= 15 is 0 Å². The fourth-order valence-corrected chi connectivity index (χ4v) is 0.662. The quantitative estimate of drug-likeness (QED) is 0.626. The van der Waals surface area contributed by atoms with Crippen molar-refractivity contribution in [3.8, 4) is 0 Å². The summed E-state index contributed by atoms with van der Waals surface area (Å²) in [5.41, 5.74) is -0.839. The number of carbonyl (C=O) groups excluding carboxylic acids is 2. The third-order valence-electron chi connectivity index (χ3n) is 1.17. The number of carboxylic acids is 2. The molecule has 0 amide bonds. The second-order valence-electron chi connectivity index (χ2n) is 2.48. The molecule has 5 nitrogen and oxygen atoms in total. The molecule has 0 bridgehead atoms. The predicted octanol–water partition coefficient (Wildman–Crippen LogP) is -1.40. The van der Waals surface area contributed by atoms with Gasteiger partial charge in [0.05, 0.1) is 23.3 Å². The van der Waals surface area contributed by atoms with Crippen molar-refractivity contribution in [3.63, 3.8) is 0 Å². The average Bonchev–Trinajstić information content (AvgIpc) is 2.19. The first-order valence-corrected chi connectivity index (χ1v) is 9.72. The van der Waals surface area contributed by atoms with Crippen LogP contribution in [0.3, 0.4) is 0 Å². The van der Waals surface area contributed by atoms with Crippen LogP contribution in [-0.4, -0.2) is 38.1 Å². The van der Waals surface area contributed by atoms with Crippen molar-refractivity contribution in [2.75, 3.05) is 0 Å². The number of hydrogen-bond acceptors (Lipinski definition) is 5. The molecule has 0 N–H and O–H groups in total. The van der Waals surface area contributed by atoms with Crippen LogP contribution in [-0.2, 0) is 0 Å². The van der Waals surface area contributed by atoms with Gasteiger partial charge in [0.15, 0.2) is 0 Å². The molecule has 15 heavy (non-hydrogen) atoms. The Morgan fingerprint density at radius 3 is 1.73 bits per heavy atom. The Hall–Kier alpha value is -1.11. The molecule has 0 unspecified atom stereocenters. The molecule has 1 rings (SSSR count). The van der Waals surface area contributed by atoms with Crippen LogP contribution < -0.4 is 10.2 Å². The van der Waals surface area contributed by atoms with Gasteiger partial charge < -0.3 is 19.8 Å². The van der Waals surface area contributed by atoms with E-state index in [1.54, 1.807) is 0 Å². The zero-order valence-electron chi connectivity index (χ0n) is 8.31. The summed E-state index contributed by atoms with van der Waals surface area (Å²) in [6, 6.07) is 3.53. The van der Waals surface area contributed by atoms with Gasteiger partial charge in [-0.2, -0.15) is 0 Å². The fraction of sp³-hybridized carbons (Fsp3) is 0.222. The molecule has 0 radical (unpaired) electrons. The third kappa shape index (κ3) is 5.36. The van der Waals surface area contributed by atoms with Gasteiger partial charge in [0.2, 0.25) is 0 Å². The molecule has 0 aliphatic heterocycles. The van der Waals surface area contributed by atoms with E-state index in [0.29, 0.717) is 0 Å². The Balaban J connectivity index is 0.000000583. The Kier molecular flexibility index (Phi) is 6.68. The van der Waals surface area contributed by atoms with Crippen LogP contribution in [0.2, 0.25) is 9.88 Å². The van der Waals surface area contributed by atoms with Crippen molar-refractivity contribution < 1.29 is 19.8 Å². The maximum absolute atomic E-state index is 10.2. The van der Waals surface area contributed by atoms with Crippen LogP contribution in [0.25, 0.3) is 0 Å². The van der Waals surface area contributed by atoms with Gasteiger partial charge in [-0.05, 0) is 12.1 Å². The fourth-order valence-electron chi connectivity index (χ4n) is 0.662. The second kappa shape index (κ2) is 7.22. The molecule has 0 spiro atoms. The summed E-state index contributed by atoms with van der Waals surface area (Å²) in [7, 11) is 0. The Morgan fingerprint density at radius 2 is 1.47 bits per heavy atom. The first-order chi connectivity index (χ1) is 7.02. The van der Waals surface area contributed by atoms with E-state index in [-0.39, 0.29) is 21.1 Å². The first-order valence-electron chi connectivity index (χ1n) is 4.01. The van der Waals surface area contributed by atoms with Crippen molar-refractivity contribution >= 4 is 33.1 Å². The number of aromatic carboxylic acids is 2. The van der Waals surface area contributed by atoms with E-state index in [4.69, 9.17) is 0 Å². The molecule has 1 aromatic rings. The molecule has 1 heterocycles. The van der Waals surface area contributed by atoms with E-state index in [1.807, 2.05) is 0 Å². The van der Waals surface area contributed by atoms with Crippen LogP contribution in [0.15, 0.2) is 18.2 Å². The molecule has 0 saturated heterocycles. The van der Waals surface area contributed by atoms with Crippen molar-refractivity contribution in [3.05, 3.63) is 29.6 Å². The van der Waals surface area contributed by atoms with Crippen molar-refractivity contribution in [1.29, 1.82) is 0 Å². The number of rotatable bonds is 2. The summed E-state index contributed by atoms with van der Waals surface area (Å²) < 4.78 is 0. The summed E-state index contributed by atoms with van der Waals surface area (Å²) in [6.45, 7) is 0. The predicted molar refractivity (Wildman–Crippen MR) is 50.4 cm³/mol. The topological polar surface area (TPSA) is 93.1 Å². The third-order valence-corrected chi connectivity index (χ3v) is 1.17. The molecular formula is C9H9NO4Sn. The van der Waals surface area contributed by atoms with Gasteiger partial charge in [-0.25, -0.2) is 4.98 Å². The summed E-state index contributed by atoms with van der Waals surface area (Å²) in [6.07, 6.45) is 0. The zero-order chi connectivity index (χ0) is 11.8.